The molecule has 0 heterocycles. The Morgan fingerprint density at radius 1 is 0.586 bits per heavy atom. The van der Waals surface area contributed by atoms with Crippen LogP contribution >= 0.6 is 0 Å². The standard InChI is InChI=1S/C27H52O2/c1-4-7-10-12-14-15-17-20-22-26(21-19-16-13-11-8-5-2)24-25-29-27(28)23-18-9-6-3/h22H,4-21,23-25H2,1-3H3/b26-22+. The van der Waals surface area contributed by atoms with Crippen LogP contribution in [0.25, 0.3) is 0 Å². The highest BCUT2D eigenvalue weighted by Crippen LogP contribution is 2.17. The molecule has 0 unspecified atom stereocenters. The van der Waals surface area contributed by atoms with E-state index in [1.165, 1.54) is 102 Å². The minimum absolute atomic E-state index is 0.00977. The molecule has 0 aromatic heterocycles. The van der Waals surface area contributed by atoms with Crippen LogP contribution < -0.4 is 0 Å². The predicted molar refractivity (Wildman–Crippen MR) is 128 cm³/mol. The summed E-state index contributed by atoms with van der Waals surface area (Å²) in [4.78, 5) is 11.8. The molecule has 0 atom stereocenters. The SMILES string of the molecule is CCCCCCCCC/C=C(\CCCCCCCC)CCOC(=O)CCCCC. The molecule has 0 amide bonds. The molecule has 0 N–H and O–H groups in total. The molecule has 0 aromatic carbocycles. The molecule has 0 saturated carbocycles. The van der Waals surface area contributed by atoms with E-state index in [0.717, 1.165) is 25.7 Å². The van der Waals surface area contributed by atoms with Gasteiger partial charge in [0.15, 0.2) is 0 Å². The lowest BCUT2D eigenvalue weighted by molar-refractivity contribution is -0.143. The fraction of sp³-hybridized carbons (Fsp3) is 0.889. The van der Waals surface area contributed by atoms with E-state index < -0.39 is 0 Å². The third-order valence-corrected chi connectivity index (χ3v) is 5.76. The zero-order valence-electron chi connectivity index (χ0n) is 20.2. The average Bonchev–Trinajstić information content (AvgIpc) is 2.72. The van der Waals surface area contributed by atoms with Gasteiger partial charge < -0.3 is 4.74 Å². The number of allylic oxidation sites excluding steroid dienone is 1. The summed E-state index contributed by atoms with van der Waals surface area (Å²) in [6.07, 6.45) is 27.2. The highest BCUT2D eigenvalue weighted by Gasteiger charge is 2.04. The smallest absolute Gasteiger partial charge is 0.305 e. The molecular weight excluding hydrogens is 356 g/mol. The summed E-state index contributed by atoms with van der Waals surface area (Å²) in [6.45, 7) is 7.28. The van der Waals surface area contributed by atoms with Gasteiger partial charge in [0.05, 0.1) is 6.61 Å². The Kier molecular flexibility index (Phi) is 22.8. The molecule has 172 valence electrons. The lowest BCUT2D eigenvalue weighted by Crippen LogP contribution is -2.06. The lowest BCUT2D eigenvalue weighted by Gasteiger charge is -2.10. The molecule has 0 saturated heterocycles. The number of hydrogen-bond acceptors (Lipinski definition) is 2. The second-order valence-electron chi connectivity index (χ2n) is 8.72. The third-order valence-electron chi connectivity index (χ3n) is 5.76. The maximum absolute atomic E-state index is 11.8. The number of carbonyl (C=O) groups is 1. The van der Waals surface area contributed by atoms with Crippen molar-refractivity contribution in [3.8, 4) is 0 Å². The van der Waals surface area contributed by atoms with Crippen molar-refractivity contribution in [1.82, 2.24) is 0 Å². The van der Waals surface area contributed by atoms with Gasteiger partial charge in [0.2, 0.25) is 0 Å². The first-order valence-corrected chi connectivity index (χ1v) is 13.1. The van der Waals surface area contributed by atoms with Crippen molar-refractivity contribution in [2.24, 2.45) is 0 Å². The zero-order valence-corrected chi connectivity index (χ0v) is 20.2. The Hall–Kier alpha value is -0.790. The Morgan fingerprint density at radius 3 is 1.69 bits per heavy atom. The summed E-state index contributed by atoms with van der Waals surface area (Å²) in [5.41, 5.74) is 1.52. The molecule has 0 aliphatic heterocycles. The first-order valence-electron chi connectivity index (χ1n) is 13.1. The summed E-state index contributed by atoms with van der Waals surface area (Å²) in [6, 6.07) is 0. The topological polar surface area (TPSA) is 26.3 Å². The van der Waals surface area contributed by atoms with Crippen LogP contribution in [0.1, 0.15) is 149 Å². The largest absolute Gasteiger partial charge is 0.465 e. The van der Waals surface area contributed by atoms with E-state index >= 15 is 0 Å². The molecule has 0 aromatic rings. The maximum atomic E-state index is 11.8. The van der Waals surface area contributed by atoms with Crippen LogP contribution in [0.3, 0.4) is 0 Å². The van der Waals surface area contributed by atoms with Gasteiger partial charge in [-0.3, -0.25) is 4.79 Å². The van der Waals surface area contributed by atoms with Crippen LogP contribution in [0.15, 0.2) is 11.6 Å². The number of carbonyl (C=O) groups excluding carboxylic acids is 1. The predicted octanol–water partition coefficient (Wildman–Crippen LogP) is 9.32. The summed E-state index contributed by atoms with van der Waals surface area (Å²) in [7, 11) is 0. The van der Waals surface area contributed by atoms with Crippen molar-refractivity contribution in [3.05, 3.63) is 11.6 Å². The van der Waals surface area contributed by atoms with Gasteiger partial charge in [-0.05, 0) is 32.1 Å². The molecule has 0 bridgehead atoms. The van der Waals surface area contributed by atoms with Crippen molar-refractivity contribution in [2.45, 2.75) is 149 Å². The molecule has 0 aliphatic rings. The highest BCUT2D eigenvalue weighted by molar-refractivity contribution is 5.69. The van der Waals surface area contributed by atoms with Crippen LogP contribution in [-0.2, 0) is 9.53 Å². The lowest BCUT2D eigenvalue weighted by atomic mass is 10.0. The van der Waals surface area contributed by atoms with E-state index in [1.807, 2.05) is 0 Å². The fourth-order valence-corrected chi connectivity index (χ4v) is 3.76. The zero-order chi connectivity index (χ0) is 21.4. The first kappa shape index (κ1) is 28.2. The van der Waals surface area contributed by atoms with Gasteiger partial charge >= 0.3 is 5.97 Å². The average molecular weight is 409 g/mol. The molecule has 2 nitrogen and oxygen atoms in total. The van der Waals surface area contributed by atoms with Gasteiger partial charge in [-0.15, -0.1) is 0 Å². The third kappa shape index (κ3) is 21.7. The van der Waals surface area contributed by atoms with Crippen LogP contribution in [-0.4, -0.2) is 12.6 Å². The van der Waals surface area contributed by atoms with Crippen LogP contribution in [0.2, 0.25) is 0 Å². The van der Waals surface area contributed by atoms with Gasteiger partial charge in [0.1, 0.15) is 0 Å². The van der Waals surface area contributed by atoms with Crippen molar-refractivity contribution < 1.29 is 9.53 Å². The van der Waals surface area contributed by atoms with Gasteiger partial charge in [-0.1, -0.05) is 116 Å². The Balaban J connectivity index is 4.08. The van der Waals surface area contributed by atoms with E-state index in [2.05, 4.69) is 26.8 Å². The van der Waals surface area contributed by atoms with Crippen molar-refractivity contribution in [3.63, 3.8) is 0 Å². The molecule has 0 aliphatic carbocycles. The Morgan fingerprint density at radius 2 is 1.07 bits per heavy atom. The number of rotatable bonds is 22. The number of unbranched alkanes of at least 4 members (excludes halogenated alkanes) is 14. The molecule has 29 heavy (non-hydrogen) atoms. The summed E-state index contributed by atoms with van der Waals surface area (Å²) in [5, 5.41) is 0. The molecule has 0 fully saturated rings. The summed E-state index contributed by atoms with van der Waals surface area (Å²) < 4.78 is 5.48. The Labute approximate surface area is 183 Å². The molecule has 2 heteroatoms. The van der Waals surface area contributed by atoms with Crippen molar-refractivity contribution in [1.29, 1.82) is 0 Å². The van der Waals surface area contributed by atoms with E-state index in [0.29, 0.717) is 13.0 Å². The fourth-order valence-electron chi connectivity index (χ4n) is 3.76. The van der Waals surface area contributed by atoms with E-state index in [9.17, 15) is 4.79 Å². The highest BCUT2D eigenvalue weighted by atomic mass is 16.5. The second kappa shape index (κ2) is 23.5. The van der Waals surface area contributed by atoms with E-state index in [-0.39, 0.29) is 5.97 Å². The summed E-state index contributed by atoms with van der Waals surface area (Å²) in [5.74, 6) is -0.00977. The monoisotopic (exact) mass is 408 g/mol. The molecular formula is C27H52O2. The van der Waals surface area contributed by atoms with Crippen molar-refractivity contribution in [2.75, 3.05) is 6.61 Å². The first-order chi connectivity index (χ1) is 14.2. The van der Waals surface area contributed by atoms with E-state index in [1.54, 1.807) is 0 Å². The van der Waals surface area contributed by atoms with Crippen LogP contribution in [0.4, 0.5) is 0 Å². The van der Waals surface area contributed by atoms with Gasteiger partial charge in [0, 0.05) is 12.8 Å². The number of hydrogen-bond donors (Lipinski definition) is 0. The molecule has 0 radical (unpaired) electrons. The quantitative estimate of drug-likeness (QED) is 0.101. The van der Waals surface area contributed by atoms with E-state index in [4.69, 9.17) is 4.74 Å². The minimum atomic E-state index is -0.00977. The van der Waals surface area contributed by atoms with Gasteiger partial charge in [-0.25, -0.2) is 0 Å². The molecule has 0 rings (SSSR count). The Bertz CT molecular complexity index is 373. The van der Waals surface area contributed by atoms with Crippen molar-refractivity contribution >= 4 is 5.97 Å². The second-order valence-corrected chi connectivity index (χ2v) is 8.72. The normalized spacial score (nSPS) is 11.8. The van der Waals surface area contributed by atoms with Crippen LogP contribution in [0, 0.1) is 0 Å². The van der Waals surface area contributed by atoms with Gasteiger partial charge in [-0.2, -0.15) is 0 Å². The van der Waals surface area contributed by atoms with Crippen LogP contribution in [0.5, 0.6) is 0 Å². The minimum Gasteiger partial charge on any atom is -0.465 e. The number of ether oxygens (including phenoxy) is 1. The maximum Gasteiger partial charge on any atom is 0.305 e. The summed E-state index contributed by atoms with van der Waals surface area (Å²) >= 11 is 0. The van der Waals surface area contributed by atoms with Gasteiger partial charge in [0.25, 0.3) is 0 Å². The molecule has 0 spiro atoms. The number of esters is 1.